The van der Waals surface area contributed by atoms with Gasteiger partial charge in [0.25, 0.3) is 0 Å². The van der Waals surface area contributed by atoms with Crippen LogP contribution in [0.25, 0.3) is 5.69 Å². The van der Waals surface area contributed by atoms with Crippen LogP contribution in [0.5, 0.6) is 0 Å². The maximum Gasteiger partial charge on any atom is 0.0991 e. The smallest absolute Gasteiger partial charge is 0.0991 e. The van der Waals surface area contributed by atoms with Gasteiger partial charge in [-0.15, -0.1) is 0 Å². The first-order chi connectivity index (χ1) is 8.79. The number of rotatable bonds is 6. The van der Waals surface area contributed by atoms with E-state index < -0.39 is 0 Å². The average molecular weight is 244 g/mol. The predicted octanol–water partition coefficient (Wildman–Crippen LogP) is 1.65. The molecule has 0 saturated carbocycles. The summed E-state index contributed by atoms with van der Waals surface area (Å²) in [6.07, 6.45) is 6.59. The molecule has 18 heavy (non-hydrogen) atoms. The maximum absolute atomic E-state index is 5.51. The van der Waals surface area contributed by atoms with Crippen molar-refractivity contribution in [2.75, 3.05) is 20.1 Å². The average Bonchev–Trinajstić information content (AvgIpc) is 2.91. The third-order valence-electron chi connectivity index (χ3n) is 2.94. The Labute approximate surface area is 108 Å². The summed E-state index contributed by atoms with van der Waals surface area (Å²) in [4.78, 5) is 6.34. The van der Waals surface area contributed by atoms with E-state index in [2.05, 4.69) is 41.2 Å². The van der Waals surface area contributed by atoms with Crippen LogP contribution in [0.1, 0.15) is 12.0 Å². The van der Waals surface area contributed by atoms with Crippen LogP contribution < -0.4 is 5.73 Å². The van der Waals surface area contributed by atoms with Crippen molar-refractivity contribution in [2.24, 2.45) is 5.73 Å². The van der Waals surface area contributed by atoms with E-state index in [4.69, 9.17) is 5.73 Å². The Morgan fingerprint density at radius 3 is 2.67 bits per heavy atom. The molecule has 4 nitrogen and oxygen atoms in total. The van der Waals surface area contributed by atoms with Crippen LogP contribution in [0.2, 0.25) is 0 Å². The maximum atomic E-state index is 5.51. The van der Waals surface area contributed by atoms with Gasteiger partial charge in [-0.2, -0.15) is 0 Å². The largest absolute Gasteiger partial charge is 0.330 e. The number of aromatic nitrogens is 2. The van der Waals surface area contributed by atoms with Crippen molar-refractivity contribution in [1.29, 1.82) is 0 Å². The summed E-state index contributed by atoms with van der Waals surface area (Å²) in [5.41, 5.74) is 7.97. The van der Waals surface area contributed by atoms with E-state index in [0.717, 1.165) is 31.7 Å². The lowest BCUT2D eigenvalue weighted by atomic mass is 10.2. The molecule has 1 aromatic heterocycles. The second-order valence-electron chi connectivity index (χ2n) is 4.52. The highest BCUT2D eigenvalue weighted by Gasteiger charge is 2.00. The van der Waals surface area contributed by atoms with Crippen LogP contribution in [0.4, 0.5) is 0 Å². The van der Waals surface area contributed by atoms with Gasteiger partial charge in [-0.05, 0) is 44.3 Å². The summed E-state index contributed by atoms with van der Waals surface area (Å²) >= 11 is 0. The van der Waals surface area contributed by atoms with Crippen molar-refractivity contribution in [1.82, 2.24) is 14.5 Å². The fraction of sp³-hybridized carbons (Fsp3) is 0.357. The quantitative estimate of drug-likeness (QED) is 0.840. The molecule has 1 aromatic carbocycles. The molecule has 0 spiro atoms. The van der Waals surface area contributed by atoms with Gasteiger partial charge in [0.05, 0.1) is 6.33 Å². The van der Waals surface area contributed by atoms with E-state index in [-0.39, 0.29) is 0 Å². The summed E-state index contributed by atoms with van der Waals surface area (Å²) < 4.78 is 2.00. The van der Waals surface area contributed by atoms with Crippen molar-refractivity contribution in [3.05, 3.63) is 48.5 Å². The lowest BCUT2D eigenvalue weighted by molar-refractivity contribution is 0.324. The Bertz CT molecular complexity index is 447. The molecule has 0 saturated heterocycles. The zero-order valence-electron chi connectivity index (χ0n) is 10.8. The first-order valence-electron chi connectivity index (χ1n) is 6.25. The minimum absolute atomic E-state index is 0.754. The molecule has 0 amide bonds. The van der Waals surface area contributed by atoms with Gasteiger partial charge in [-0.1, -0.05) is 12.1 Å². The molecule has 2 N–H and O–H groups in total. The second-order valence-corrected chi connectivity index (χ2v) is 4.52. The van der Waals surface area contributed by atoms with Gasteiger partial charge in [-0.25, -0.2) is 4.98 Å². The zero-order chi connectivity index (χ0) is 12.8. The number of imidazole rings is 1. The standard InChI is InChI=1S/C14H20N4/c1-17(9-2-7-15)11-13-3-5-14(6-4-13)18-10-8-16-12-18/h3-6,8,10,12H,2,7,9,11,15H2,1H3. The molecule has 0 aliphatic carbocycles. The normalized spacial score (nSPS) is 11.1. The summed E-state index contributed by atoms with van der Waals surface area (Å²) in [5.74, 6) is 0. The lowest BCUT2D eigenvalue weighted by Gasteiger charge is -2.16. The minimum atomic E-state index is 0.754. The highest BCUT2D eigenvalue weighted by atomic mass is 15.1. The SMILES string of the molecule is CN(CCCN)Cc1ccc(-n2ccnc2)cc1. The molecule has 0 atom stereocenters. The molecule has 4 heteroatoms. The highest BCUT2D eigenvalue weighted by molar-refractivity contribution is 5.34. The molecule has 0 bridgehead atoms. The number of nitrogens with two attached hydrogens (primary N) is 1. The summed E-state index contributed by atoms with van der Waals surface area (Å²) in [6, 6.07) is 8.56. The van der Waals surface area contributed by atoms with E-state index in [1.54, 1.807) is 6.20 Å². The van der Waals surface area contributed by atoms with Gasteiger partial charge < -0.3 is 15.2 Å². The molecule has 96 valence electrons. The Morgan fingerprint density at radius 2 is 2.06 bits per heavy atom. The summed E-state index contributed by atoms with van der Waals surface area (Å²) in [5, 5.41) is 0. The second kappa shape index (κ2) is 6.33. The summed E-state index contributed by atoms with van der Waals surface area (Å²) in [7, 11) is 2.12. The fourth-order valence-corrected chi connectivity index (χ4v) is 1.94. The number of benzene rings is 1. The van der Waals surface area contributed by atoms with Crippen LogP contribution >= 0.6 is 0 Å². The van der Waals surface area contributed by atoms with Gasteiger partial charge in [-0.3, -0.25) is 0 Å². The highest BCUT2D eigenvalue weighted by Crippen LogP contribution is 2.10. The van der Waals surface area contributed by atoms with E-state index >= 15 is 0 Å². The number of hydrogen-bond donors (Lipinski definition) is 1. The van der Waals surface area contributed by atoms with E-state index in [1.807, 2.05) is 17.1 Å². The molecular formula is C14H20N4. The van der Waals surface area contributed by atoms with Crippen LogP contribution in [0, 0.1) is 0 Å². The molecule has 0 aliphatic heterocycles. The number of nitrogens with zero attached hydrogens (tertiary/aromatic N) is 3. The van der Waals surface area contributed by atoms with Crippen molar-refractivity contribution >= 4 is 0 Å². The van der Waals surface area contributed by atoms with E-state index in [0.29, 0.717) is 0 Å². The monoisotopic (exact) mass is 244 g/mol. The number of hydrogen-bond acceptors (Lipinski definition) is 3. The van der Waals surface area contributed by atoms with Gasteiger partial charge in [0.1, 0.15) is 0 Å². The molecule has 1 heterocycles. The first-order valence-corrected chi connectivity index (χ1v) is 6.25. The summed E-state index contributed by atoms with van der Waals surface area (Å²) in [6.45, 7) is 2.76. The van der Waals surface area contributed by atoms with Crippen molar-refractivity contribution < 1.29 is 0 Å². The van der Waals surface area contributed by atoms with Crippen molar-refractivity contribution in [2.45, 2.75) is 13.0 Å². The Hall–Kier alpha value is -1.65. The van der Waals surface area contributed by atoms with E-state index in [1.165, 1.54) is 5.56 Å². The third kappa shape index (κ3) is 3.42. The molecule has 2 rings (SSSR count). The molecule has 0 fully saturated rings. The fourth-order valence-electron chi connectivity index (χ4n) is 1.94. The Morgan fingerprint density at radius 1 is 1.28 bits per heavy atom. The van der Waals surface area contributed by atoms with Gasteiger partial charge in [0.2, 0.25) is 0 Å². The van der Waals surface area contributed by atoms with Crippen molar-refractivity contribution in [3.63, 3.8) is 0 Å². The van der Waals surface area contributed by atoms with Gasteiger partial charge >= 0.3 is 0 Å². The van der Waals surface area contributed by atoms with Gasteiger partial charge in [0.15, 0.2) is 0 Å². The first kappa shape index (κ1) is 12.8. The molecule has 0 aliphatic rings. The van der Waals surface area contributed by atoms with Gasteiger partial charge in [0, 0.05) is 24.6 Å². The molecular weight excluding hydrogens is 224 g/mol. The lowest BCUT2D eigenvalue weighted by Crippen LogP contribution is -2.21. The van der Waals surface area contributed by atoms with Crippen LogP contribution in [-0.2, 0) is 6.54 Å². The topological polar surface area (TPSA) is 47.1 Å². The molecule has 0 radical (unpaired) electrons. The predicted molar refractivity (Wildman–Crippen MR) is 73.6 cm³/mol. The van der Waals surface area contributed by atoms with Crippen LogP contribution in [0.3, 0.4) is 0 Å². The third-order valence-corrected chi connectivity index (χ3v) is 2.94. The molecule has 2 aromatic rings. The molecule has 0 unspecified atom stereocenters. The van der Waals surface area contributed by atoms with E-state index in [9.17, 15) is 0 Å². The van der Waals surface area contributed by atoms with Crippen LogP contribution in [0.15, 0.2) is 43.0 Å². The Kier molecular flexibility index (Phi) is 4.50. The van der Waals surface area contributed by atoms with Crippen molar-refractivity contribution in [3.8, 4) is 5.69 Å². The van der Waals surface area contributed by atoms with Crippen LogP contribution in [-0.4, -0.2) is 34.6 Å². The zero-order valence-corrected chi connectivity index (χ0v) is 10.8. The Balaban J connectivity index is 1.95. The minimum Gasteiger partial charge on any atom is -0.330 e.